The summed E-state index contributed by atoms with van der Waals surface area (Å²) in [6.45, 7) is 2.05. The number of benzene rings is 1. The zero-order valence-corrected chi connectivity index (χ0v) is 12.8. The van der Waals surface area contributed by atoms with Crippen molar-refractivity contribution in [3.8, 4) is 17.1 Å². The molecule has 1 N–H and O–H groups in total. The molecule has 2 aromatic heterocycles. The number of pyridine rings is 1. The van der Waals surface area contributed by atoms with Gasteiger partial charge in [0, 0.05) is 11.8 Å². The van der Waals surface area contributed by atoms with Gasteiger partial charge in [-0.3, -0.25) is 4.57 Å². The monoisotopic (exact) mass is 313 g/mol. The predicted octanol–water partition coefficient (Wildman–Crippen LogP) is 2.96. The maximum absolute atomic E-state index is 10.8. The van der Waals surface area contributed by atoms with Gasteiger partial charge in [-0.1, -0.05) is 35.9 Å². The SMILES string of the molecule is Cc1ccc(-c2cncn2-c2ccc(CS(=O)O)cn2)cc1. The molecule has 22 heavy (non-hydrogen) atoms. The lowest BCUT2D eigenvalue weighted by Crippen LogP contribution is -2.00. The summed E-state index contributed by atoms with van der Waals surface area (Å²) in [5, 5.41) is 0. The van der Waals surface area contributed by atoms with Crippen LogP contribution in [0.15, 0.2) is 55.1 Å². The molecular weight excluding hydrogens is 298 g/mol. The van der Waals surface area contributed by atoms with Gasteiger partial charge in [-0.25, -0.2) is 14.2 Å². The van der Waals surface area contributed by atoms with E-state index in [9.17, 15) is 4.21 Å². The normalized spacial score (nSPS) is 12.3. The lowest BCUT2D eigenvalue weighted by molar-refractivity contribution is 0.563. The van der Waals surface area contributed by atoms with Crippen LogP contribution in [0.25, 0.3) is 17.1 Å². The van der Waals surface area contributed by atoms with Gasteiger partial charge >= 0.3 is 0 Å². The second kappa shape index (κ2) is 6.21. The van der Waals surface area contributed by atoms with Gasteiger partial charge in [0.25, 0.3) is 0 Å². The third-order valence-electron chi connectivity index (χ3n) is 3.33. The maximum Gasteiger partial charge on any atom is 0.157 e. The Bertz CT molecular complexity index is 795. The van der Waals surface area contributed by atoms with Gasteiger partial charge in [0.2, 0.25) is 0 Å². The standard InChI is InChI=1S/C16H15N3O2S/c1-12-2-5-14(6-3-12)15-9-17-11-19(15)16-7-4-13(8-18-16)10-22(20)21/h2-9,11H,10H2,1H3,(H,20,21). The Morgan fingerprint density at radius 3 is 2.55 bits per heavy atom. The highest BCUT2D eigenvalue weighted by Gasteiger charge is 2.08. The van der Waals surface area contributed by atoms with Crippen molar-refractivity contribution in [2.75, 3.05) is 0 Å². The van der Waals surface area contributed by atoms with Crippen LogP contribution in [0.3, 0.4) is 0 Å². The second-order valence-electron chi connectivity index (χ2n) is 5.01. The van der Waals surface area contributed by atoms with Crippen molar-refractivity contribution < 1.29 is 8.76 Å². The minimum Gasteiger partial charge on any atom is -0.306 e. The van der Waals surface area contributed by atoms with Crippen LogP contribution < -0.4 is 0 Å². The summed E-state index contributed by atoms with van der Waals surface area (Å²) in [7, 11) is 0. The van der Waals surface area contributed by atoms with Gasteiger partial charge in [-0.2, -0.15) is 0 Å². The maximum atomic E-state index is 10.8. The molecule has 3 rings (SSSR count). The van der Waals surface area contributed by atoms with Crippen LogP contribution in [-0.4, -0.2) is 23.3 Å². The third-order valence-corrected chi connectivity index (χ3v) is 3.91. The molecular formula is C16H15N3O2S. The molecule has 0 fully saturated rings. The van der Waals surface area contributed by atoms with Crippen molar-refractivity contribution in [2.45, 2.75) is 12.7 Å². The second-order valence-corrected chi connectivity index (χ2v) is 5.94. The van der Waals surface area contributed by atoms with Crippen LogP contribution in [0.1, 0.15) is 11.1 Å². The highest BCUT2D eigenvalue weighted by atomic mass is 32.2. The summed E-state index contributed by atoms with van der Waals surface area (Å²) < 4.78 is 21.6. The van der Waals surface area contributed by atoms with Gasteiger partial charge in [0.05, 0.1) is 17.6 Å². The fourth-order valence-electron chi connectivity index (χ4n) is 2.20. The summed E-state index contributed by atoms with van der Waals surface area (Å²) in [4.78, 5) is 8.56. The van der Waals surface area contributed by atoms with Crippen LogP contribution in [0.2, 0.25) is 0 Å². The first-order valence-electron chi connectivity index (χ1n) is 6.75. The molecule has 5 nitrogen and oxygen atoms in total. The van der Waals surface area contributed by atoms with E-state index in [0.29, 0.717) is 0 Å². The Balaban J connectivity index is 1.94. The molecule has 0 saturated carbocycles. The molecule has 0 aliphatic rings. The molecule has 0 spiro atoms. The summed E-state index contributed by atoms with van der Waals surface area (Å²) in [5.74, 6) is 0.808. The van der Waals surface area contributed by atoms with E-state index in [-0.39, 0.29) is 5.75 Å². The Hall–Kier alpha value is -2.31. The Labute approximate surface area is 131 Å². The van der Waals surface area contributed by atoms with Gasteiger partial charge in [0.1, 0.15) is 12.1 Å². The smallest absolute Gasteiger partial charge is 0.157 e. The first-order valence-corrected chi connectivity index (χ1v) is 8.03. The molecule has 0 bridgehead atoms. The van der Waals surface area contributed by atoms with Crippen LogP contribution in [0.5, 0.6) is 0 Å². The molecule has 0 aliphatic heterocycles. The first kappa shape index (κ1) is 14.6. The fraction of sp³-hybridized carbons (Fsp3) is 0.125. The van der Waals surface area contributed by atoms with Crippen LogP contribution in [-0.2, 0) is 16.8 Å². The van der Waals surface area contributed by atoms with Crippen LogP contribution in [0, 0.1) is 6.92 Å². The minimum atomic E-state index is -1.86. The average Bonchev–Trinajstić information content (AvgIpc) is 2.97. The zero-order valence-electron chi connectivity index (χ0n) is 12.0. The minimum absolute atomic E-state index is 0.0853. The van der Waals surface area contributed by atoms with Gasteiger partial charge in [0.15, 0.2) is 11.1 Å². The number of rotatable bonds is 4. The van der Waals surface area contributed by atoms with Crippen molar-refractivity contribution in [1.82, 2.24) is 14.5 Å². The summed E-state index contributed by atoms with van der Waals surface area (Å²) in [6.07, 6.45) is 5.12. The molecule has 1 aromatic carbocycles. The van der Waals surface area contributed by atoms with E-state index in [0.717, 1.165) is 22.6 Å². The van der Waals surface area contributed by atoms with E-state index in [2.05, 4.69) is 22.1 Å². The van der Waals surface area contributed by atoms with E-state index < -0.39 is 11.1 Å². The van der Waals surface area contributed by atoms with Crippen LogP contribution in [0.4, 0.5) is 0 Å². The summed E-state index contributed by atoms with van der Waals surface area (Å²) >= 11 is -1.86. The molecule has 2 heterocycles. The molecule has 1 unspecified atom stereocenters. The summed E-state index contributed by atoms with van der Waals surface area (Å²) in [6, 6.07) is 11.8. The highest BCUT2D eigenvalue weighted by molar-refractivity contribution is 7.78. The number of imidazole rings is 1. The van der Waals surface area contributed by atoms with E-state index in [1.165, 1.54) is 5.56 Å². The molecule has 1 atom stereocenters. The number of aryl methyl sites for hydroxylation is 1. The van der Waals surface area contributed by atoms with Crippen molar-refractivity contribution in [3.05, 3.63) is 66.2 Å². The van der Waals surface area contributed by atoms with Crippen molar-refractivity contribution in [1.29, 1.82) is 0 Å². The third kappa shape index (κ3) is 3.13. The van der Waals surface area contributed by atoms with Crippen LogP contribution >= 0.6 is 0 Å². The average molecular weight is 313 g/mol. The van der Waals surface area contributed by atoms with Gasteiger partial charge < -0.3 is 4.55 Å². The molecule has 112 valence electrons. The Kier molecular flexibility index (Phi) is 4.13. The first-order chi connectivity index (χ1) is 10.6. The van der Waals surface area contributed by atoms with Gasteiger partial charge in [-0.05, 0) is 18.6 Å². The molecule has 6 heteroatoms. The summed E-state index contributed by atoms with van der Waals surface area (Å²) in [5.41, 5.74) is 3.94. The number of nitrogens with zero attached hydrogens (tertiary/aromatic N) is 3. The van der Waals surface area contributed by atoms with E-state index in [4.69, 9.17) is 4.55 Å². The fourth-order valence-corrected chi connectivity index (χ4v) is 2.66. The predicted molar refractivity (Wildman–Crippen MR) is 86.0 cm³/mol. The lowest BCUT2D eigenvalue weighted by atomic mass is 10.1. The molecule has 0 amide bonds. The number of hydrogen-bond donors (Lipinski definition) is 1. The number of hydrogen-bond acceptors (Lipinski definition) is 3. The highest BCUT2D eigenvalue weighted by Crippen LogP contribution is 2.22. The Morgan fingerprint density at radius 1 is 1.14 bits per heavy atom. The molecule has 0 saturated heterocycles. The van der Waals surface area contributed by atoms with E-state index in [1.807, 2.05) is 29.7 Å². The molecule has 0 radical (unpaired) electrons. The quantitative estimate of drug-likeness (QED) is 0.752. The van der Waals surface area contributed by atoms with E-state index >= 15 is 0 Å². The van der Waals surface area contributed by atoms with E-state index in [1.54, 1.807) is 24.8 Å². The lowest BCUT2D eigenvalue weighted by Gasteiger charge is -2.08. The topological polar surface area (TPSA) is 68.0 Å². The number of aromatic nitrogens is 3. The van der Waals surface area contributed by atoms with Crippen molar-refractivity contribution in [2.24, 2.45) is 0 Å². The largest absolute Gasteiger partial charge is 0.306 e. The zero-order chi connectivity index (χ0) is 15.5. The molecule has 3 aromatic rings. The van der Waals surface area contributed by atoms with Crippen molar-refractivity contribution >= 4 is 11.1 Å². The van der Waals surface area contributed by atoms with Crippen molar-refractivity contribution in [3.63, 3.8) is 0 Å². The van der Waals surface area contributed by atoms with Gasteiger partial charge in [-0.15, -0.1) is 0 Å². The Morgan fingerprint density at radius 2 is 1.91 bits per heavy atom. The molecule has 0 aliphatic carbocycles.